The number of methoxy groups -OCH3 is 1. The van der Waals surface area contributed by atoms with E-state index < -0.39 is 0 Å². The van der Waals surface area contributed by atoms with Crippen LogP contribution in [0.3, 0.4) is 0 Å². The highest BCUT2D eigenvalue weighted by Gasteiger charge is 2.26. The first-order valence-electron chi connectivity index (χ1n) is 7.33. The monoisotopic (exact) mass is 283 g/mol. The van der Waals surface area contributed by atoms with E-state index in [0.29, 0.717) is 11.8 Å². The number of hydrogen-bond acceptors (Lipinski definition) is 3. The average molecular weight is 283 g/mol. The molecular weight excluding hydrogens is 262 g/mol. The summed E-state index contributed by atoms with van der Waals surface area (Å²) in [6.07, 6.45) is 1.94. The van der Waals surface area contributed by atoms with Crippen LogP contribution in [0.1, 0.15) is 22.7 Å². The zero-order chi connectivity index (χ0) is 14.8. The Labute approximate surface area is 125 Å². The normalized spacial score (nSPS) is 18.3. The van der Waals surface area contributed by atoms with Crippen molar-refractivity contribution in [2.75, 3.05) is 20.7 Å². The Bertz CT molecular complexity index is 625. The maximum Gasteiger partial charge on any atom is 0.160 e. The second-order valence-corrected chi connectivity index (χ2v) is 5.66. The van der Waals surface area contributed by atoms with E-state index in [9.17, 15) is 5.11 Å². The molecule has 21 heavy (non-hydrogen) atoms. The van der Waals surface area contributed by atoms with Gasteiger partial charge in [0.1, 0.15) is 0 Å². The van der Waals surface area contributed by atoms with Gasteiger partial charge < -0.3 is 9.84 Å². The van der Waals surface area contributed by atoms with Crippen LogP contribution in [0.25, 0.3) is 0 Å². The Morgan fingerprint density at radius 2 is 2.00 bits per heavy atom. The Hall–Kier alpha value is -2.00. The molecule has 3 rings (SSSR count). The van der Waals surface area contributed by atoms with Crippen LogP contribution >= 0.6 is 0 Å². The van der Waals surface area contributed by atoms with Gasteiger partial charge in [0.25, 0.3) is 0 Å². The molecule has 2 aromatic rings. The van der Waals surface area contributed by atoms with E-state index in [0.717, 1.165) is 19.4 Å². The standard InChI is InChI=1S/C18H21NO2/c1-19-9-8-14-11-17(20)18(21-2)12-15(14)16(19)10-13-6-4-3-5-7-13/h3-7,11-12,16,20H,8-10H2,1-2H3/t16-/m1/s1. The lowest BCUT2D eigenvalue weighted by Gasteiger charge is -2.35. The largest absolute Gasteiger partial charge is 0.504 e. The number of nitrogens with zero attached hydrogens (tertiary/aromatic N) is 1. The van der Waals surface area contributed by atoms with Crippen LogP contribution in [0, 0.1) is 0 Å². The molecule has 0 amide bonds. The molecule has 1 atom stereocenters. The average Bonchev–Trinajstić information content (AvgIpc) is 2.51. The second kappa shape index (κ2) is 5.78. The first-order chi connectivity index (χ1) is 10.2. The third-order valence-electron chi connectivity index (χ3n) is 4.34. The molecule has 2 aromatic carbocycles. The molecule has 0 bridgehead atoms. The van der Waals surface area contributed by atoms with Crippen LogP contribution in [0.5, 0.6) is 11.5 Å². The third kappa shape index (κ3) is 2.74. The lowest BCUT2D eigenvalue weighted by atomic mass is 9.88. The van der Waals surface area contributed by atoms with Gasteiger partial charge in [0.15, 0.2) is 11.5 Å². The molecule has 110 valence electrons. The molecule has 0 radical (unpaired) electrons. The molecule has 0 spiro atoms. The van der Waals surface area contributed by atoms with Crippen molar-refractivity contribution >= 4 is 0 Å². The summed E-state index contributed by atoms with van der Waals surface area (Å²) >= 11 is 0. The molecule has 0 aliphatic carbocycles. The molecule has 0 saturated heterocycles. The Balaban J connectivity index is 1.98. The van der Waals surface area contributed by atoms with Gasteiger partial charge in [0.05, 0.1) is 7.11 Å². The minimum Gasteiger partial charge on any atom is -0.504 e. The number of ether oxygens (including phenoxy) is 1. The van der Waals surface area contributed by atoms with Gasteiger partial charge in [-0.3, -0.25) is 4.90 Å². The minimum absolute atomic E-state index is 0.235. The smallest absolute Gasteiger partial charge is 0.160 e. The molecule has 3 heteroatoms. The fourth-order valence-electron chi connectivity index (χ4n) is 3.11. The molecule has 0 fully saturated rings. The maximum absolute atomic E-state index is 9.97. The molecule has 0 unspecified atom stereocenters. The molecule has 0 saturated carbocycles. The van der Waals surface area contributed by atoms with Gasteiger partial charge in [0, 0.05) is 12.6 Å². The van der Waals surface area contributed by atoms with Crippen molar-refractivity contribution in [1.29, 1.82) is 0 Å². The number of rotatable bonds is 3. The van der Waals surface area contributed by atoms with Crippen LogP contribution in [0.4, 0.5) is 0 Å². The summed E-state index contributed by atoms with van der Waals surface area (Å²) in [7, 11) is 3.76. The zero-order valence-corrected chi connectivity index (χ0v) is 12.5. The molecular formula is C18H21NO2. The van der Waals surface area contributed by atoms with Crippen molar-refractivity contribution in [1.82, 2.24) is 4.90 Å². The Morgan fingerprint density at radius 1 is 1.24 bits per heavy atom. The maximum atomic E-state index is 9.97. The van der Waals surface area contributed by atoms with Crippen molar-refractivity contribution in [3.05, 3.63) is 59.2 Å². The summed E-state index contributed by atoms with van der Waals surface area (Å²) in [5.41, 5.74) is 3.82. The predicted octanol–water partition coefficient (Wildman–Crippen LogP) is 3.17. The first kappa shape index (κ1) is 14.0. The summed E-state index contributed by atoms with van der Waals surface area (Å²) in [4.78, 5) is 2.38. The number of phenols is 1. The molecule has 1 heterocycles. The van der Waals surface area contributed by atoms with Gasteiger partial charge in [-0.25, -0.2) is 0 Å². The summed E-state index contributed by atoms with van der Waals surface area (Å²) in [5, 5.41) is 9.97. The van der Waals surface area contributed by atoms with E-state index in [1.165, 1.54) is 16.7 Å². The number of hydrogen-bond donors (Lipinski definition) is 1. The highest BCUT2D eigenvalue weighted by atomic mass is 16.5. The van der Waals surface area contributed by atoms with E-state index >= 15 is 0 Å². The molecule has 1 aliphatic rings. The molecule has 1 aliphatic heterocycles. The zero-order valence-electron chi connectivity index (χ0n) is 12.5. The van der Waals surface area contributed by atoms with Gasteiger partial charge in [-0.05, 0) is 48.7 Å². The van der Waals surface area contributed by atoms with E-state index in [4.69, 9.17) is 4.74 Å². The van der Waals surface area contributed by atoms with Gasteiger partial charge in [-0.15, -0.1) is 0 Å². The first-order valence-corrected chi connectivity index (χ1v) is 7.33. The molecule has 3 nitrogen and oxygen atoms in total. The predicted molar refractivity (Wildman–Crippen MR) is 83.9 cm³/mol. The van der Waals surface area contributed by atoms with Crippen LogP contribution in [0.2, 0.25) is 0 Å². The van der Waals surface area contributed by atoms with Crippen LogP contribution < -0.4 is 4.74 Å². The fourth-order valence-corrected chi connectivity index (χ4v) is 3.11. The topological polar surface area (TPSA) is 32.7 Å². The fraction of sp³-hybridized carbons (Fsp3) is 0.333. The highest BCUT2D eigenvalue weighted by molar-refractivity contribution is 5.49. The number of fused-ring (bicyclic) bond motifs is 1. The van der Waals surface area contributed by atoms with E-state index in [2.05, 4.69) is 36.2 Å². The third-order valence-corrected chi connectivity index (χ3v) is 4.34. The Morgan fingerprint density at radius 3 is 2.71 bits per heavy atom. The van der Waals surface area contributed by atoms with E-state index in [-0.39, 0.29) is 5.75 Å². The van der Waals surface area contributed by atoms with Crippen molar-refractivity contribution in [2.45, 2.75) is 18.9 Å². The summed E-state index contributed by atoms with van der Waals surface area (Å²) in [6, 6.07) is 14.7. The lowest BCUT2D eigenvalue weighted by molar-refractivity contribution is 0.228. The number of aromatic hydroxyl groups is 1. The van der Waals surface area contributed by atoms with Gasteiger partial charge >= 0.3 is 0 Å². The van der Waals surface area contributed by atoms with E-state index in [1.54, 1.807) is 7.11 Å². The van der Waals surface area contributed by atoms with Crippen molar-refractivity contribution in [3.8, 4) is 11.5 Å². The van der Waals surface area contributed by atoms with Crippen molar-refractivity contribution in [2.24, 2.45) is 0 Å². The van der Waals surface area contributed by atoms with Crippen molar-refractivity contribution in [3.63, 3.8) is 0 Å². The van der Waals surface area contributed by atoms with Crippen LogP contribution in [-0.2, 0) is 12.8 Å². The number of benzene rings is 2. The molecule has 0 aromatic heterocycles. The lowest BCUT2D eigenvalue weighted by Crippen LogP contribution is -2.33. The van der Waals surface area contributed by atoms with Gasteiger partial charge in [-0.2, -0.15) is 0 Å². The summed E-state index contributed by atoms with van der Waals surface area (Å²) < 4.78 is 5.28. The SMILES string of the molecule is COc1cc2c(cc1O)CCN(C)[C@@H]2Cc1ccccc1. The van der Waals surface area contributed by atoms with Crippen LogP contribution in [-0.4, -0.2) is 30.7 Å². The number of likely N-dealkylation sites (N-methyl/N-ethyl adjacent to an activating group) is 1. The van der Waals surface area contributed by atoms with Crippen LogP contribution in [0.15, 0.2) is 42.5 Å². The van der Waals surface area contributed by atoms with E-state index in [1.807, 2.05) is 18.2 Å². The highest BCUT2D eigenvalue weighted by Crippen LogP contribution is 2.38. The Kier molecular flexibility index (Phi) is 3.84. The second-order valence-electron chi connectivity index (χ2n) is 5.66. The van der Waals surface area contributed by atoms with Gasteiger partial charge in [0.2, 0.25) is 0 Å². The summed E-state index contributed by atoms with van der Waals surface area (Å²) in [6.45, 7) is 1.01. The molecule has 1 N–H and O–H groups in total. The quantitative estimate of drug-likeness (QED) is 0.939. The van der Waals surface area contributed by atoms with Crippen molar-refractivity contribution < 1.29 is 9.84 Å². The summed E-state index contributed by atoms with van der Waals surface area (Å²) in [5.74, 6) is 0.793. The van der Waals surface area contributed by atoms with Gasteiger partial charge in [-0.1, -0.05) is 30.3 Å². The minimum atomic E-state index is 0.235. The number of phenolic OH excluding ortho intramolecular Hbond substituents is 1.